The van der Waals surface area contributed by atoms with Gasteiger partial charge in [-0.1, -0.05) is 37.5 Å². The maximum Gasteiger partial charge on any atom is 0.275 e. The maximum atomic E-state index is 12.8. The fraction of sp³-hybridized carbons (Fsp3) is 0.450. The van der Waals surface area contributed by atoms with E-state index in [0.717, 1.165) is 24.8 Å². The Morgan fingerprint density at radius 3 is 2.58 bits per heavy atom. The number of amides is 1. The molecule has 1 aliphatic carbocycles. The Bertz CT molecular complexity index is 842. The third-order valence-corrected chi connectivity index (χ3v) is 5.04. The average molecular weight is 355 g/mol. The highest BCUT2D eigenvalue weighted by atomic mass is 16.5. The van der Waals surface area contributed by atoms with E-state index in [-0.39, 0.29) is 29.0 Å². The molecule has 2 atom stereocenters. The molecular weight excluding hydrogens is 330 g/mol. The van der Waals surface area contributed by atoms with Gasteiger partial charge in [0.1, 0.15) is 0 Å². The van der Waals surface area contributed by atoms with Crippen LogP contribution in [0, 0.1) is 12.8 Å². The van der Waals surface area contributed by atoms with Crippen LogP contribution in [0.3, 0.4) is 0 Å². The van der Waals surface area contributed by atoms with Gasteiger partial charge in [0, 0.05) is 6.04 Å². The van der Waals surface area contributed by atoms with Crippen molar-refractivity contribution >= 4 is 5.91 Å². The van der Waals surface area contributed by atoms with E-state index in [4.69, 9.17) is 4.74 Å². The number of aromatic nitrogens is 2. The maximum absolute atomic E-state index is 12.8. The van der Waals surface area contributed by atoms with Crippen molar-refractivity contribution in [1.29, 1.82) is 0 Å². The minimum Gasteiger partial charge on any atom is -0.494 e. The van der Waals surface area contributed by atoms with E-state index in [0.29, 0.717) is 11.6 Å². The summed E-state index contributed by atoms with van der Waals surface area (Å²) in [4.78, 5) is 25.2. The number of hydrogen-bond acceptors (Lipinski definition) is 4. The van der Waals surface area contributed by atoms with Crippen LogP contribution in [0.4, 0.5) is 0 Å². The number of carbonyl (C=O) groups is 1. The first kappa shape index (κ1) is 18.2. The van der Waals surface area contributed by atoms with Crippen molar-refractivity contribution in [2.75, 3.05) is 7.11 Å². The molecule has 0 radical (unpaired) electrons. The fourth-order valence-electron chi connectivity index (χ4n) is 3.39. The number of benzene rings is 1. The standard InChI is InChI=1S/C20H25N3O3/c1-13-8-10-15(11-9-13)23-18(24)12-17(26-3)19(22-23)20(25)21-16-7-5-4-6-14(16)2/h8-12,14,16H,4-7H2,1-3H3,(H,21,25)/t14-,16+/m0/s1. The average Bonchev–Trinajstić information content (AvgIpc) is 2.64. The first-order valence-electron chi connectivity index (χ1n) is 9.06. The van der Waals surface area contributed by atoms with Crippen LogP contribution in [-0.4, -0.2) is 28.8 Å². The van der Waals surface area contributed by atoms with Crippen LogP contribution in [0.15, 0.2) is 35.1 Å². The van der Waals surface area contributed by atoms with Crippen LogP contribution in [0.2, 0.25) is 0 Å². The number of rotatable bonds is 4. The lowest BCUT2D eigenvalue weighted by Crippen LogP contribution is -2.42. The van der Waals surface area contributed by atoms with Gasteiger partial charge in [0.15, 0.2) is 11.4 Å². The third kappa shape index (κ3) is 3.79. The van der Waals surface area contributed by atoms with Crippen molar-refractivity contribution in [3.05, 3.63) is 51.9 Å². The van der Waals surface area contributed by atoms with Gasteiger partial charge in [-0.25, -0.2) is 0 Å². The molecule has 1 saturated carbocycles. The van der Waals surface area contributed by atoms with Crippen LogP contribution in [0.25, 0.3) is 5.69 Å². The predicted octanol–water partition coefficient (Wildman–Crippen LogP) is 2.86. The molecule has 1 fully saturated rings. The van der Waals surface area contributed by atoms with E-state index < -0.39 is 0 Å². The Morgan fingerprint density at radius 2 is 1.92 bits per heavy atom. The SMILES string of the molecule is COc1cc(=O)n(-c2ccc(C)cc2)nc1C(=O)N[C@@H]1CCCC[C@@H]1C. The summed E-state index contributed by atoms with van der Waals surface area (Å²) in [6.45, 7) is 4.13. The van der Waals surface area contributed by atoms with Crippen molar-refractivity contribution in [3.63, 3.8) is 0 Å². The summed E-state index contributed by atoms with van der Waals surface area (Å²) < 4.78 is 6.47. The lowest BCUT2D eigenvalue weighted by molar-refractivity contribution is 0.0899. The first-order valence-corrected chi connectivity index (χ1v) is 9.06. The molecule has 1 heterocycles. The fourth-order valence-corrected chi connectivity index (χ4v) is 3.39. The topological polar surface area (TPSA) is 73.2 Å². The molecule has 1 aromatic heterocycles. The van der Waals surface area contributed by atoms with E-state index in [2.05, 4.69) is 17.3 Å². The van der Waals surface area contributed by atoms with Gasteiger partial charge in [0.05, 0.1) is 18.9 Å². The zero-order chi connectivity index (χ0) is 18.7. The molecule has 0 aliphatic heterocycles. The molecule has 0 unspecified atom stereocenters. The van der Waals surface area contributed by atoms with Gasteiger partial charge >= 0.3 is 0 Å². The molecule has 2 aromatic rings. The number of ether oxygens (including phenoxy) is 1. The first-order chi connectivity index (χ1) is 12.5. The molecule has 1 aliphatic rings. The van der Waals surface area contributed by atoms with E-state index in [1.165, 1.54) is 24.3 Å². The van der Waals surface area contributed by atoms with Crippen molar-refractivity contribution in [1.82, 2.24) is 15.1 Å². The normalized spacial score (nSPS) is 19.8. The molecule has 6 heteroatoms. The van der Waals surface area contributed by atoms with Gasteiger partial charge in [-0.15, -0.1) is 0 Å². The summed E-state index contributed by atoms with van der Waals surface area (Å²) in [6.07, 6.45) is 4.39. The minimum absolute atomic E-state index is 0.127. The molecule has 0 bridgehead atoms. The number of aryl methyl sites for hydroxylation is 1. The van der Waals surface area contributed by atoms with Gasteiger partial charge in [0.2, 0.25) is 0 Å². The van der Waals surface area contributed by atoms with Gasteiger partial charge < -0.3 is 10.1 Å². The second-order valence-electron chi connectivity index (χ2n) is 6.99. The zero-order valence-corrected chi connectivity index (χ0v) is 15.5. The van der Waals surface area contributed by atoms with E-state index >= 15 is 0 Å². The summed E-state index contributed by atoms with van der Waals surface area (Å²) in [5.41, 5.74) is 1.49. The summed E-state index contributed by atoms with van der Waals surface area (Å²) in [5, 5.41) is 7.37. The second kappa shape index (κ2) is 7.72. The molecule has 1 N–H and O–H groups in total. The number of carbonyl (C=O) groups excluding carboxylic acids is 1. The Labute approximate surface area is 153 Å². The molecule has 1 aromatic carbocycles. The lowest BCUT2D eigenvalue weighted by Gasteiger charge is -2.29. The number of methoxy groups -OCH3 is 1. The Morgan fingerprint density at radius 1 is 1.23 bits per heavy atom. The Balaban J connectivity index is 1.94. The number of hydrogen-bond donors (Lipinski definition) is 1. The Hall–Kier alpha value is -2.63. The predicted molar refractivity (Wildman–Crippen MR) is 100 cm³/mol. The van der Waals surface area contributed by atoms with E-state index in [9.17, 15) is 9.59 Å². The van der Waals surface area contributed by atoms with Crippen molar-refractivity contribution in [3.8, 4) is 11.4 Å². The largest absolute Gasteiger partial charge is 0.494 e. The number of nitrogens with zero attached hydrogens (tertiary/aromatic N) is 2. The molecule has 26 heavy (non-hydrogen) atoms. The van der Waals surface area contributed by atoms with Crippen LogP contribution in [-0.2, 0) is 0 Å². The van der Waals surface area contributed by atoms with E-state index in [1.807, 2.05) is 19.1 Å². The van der Waals surface area contributed by atoms with Crippen LogP contribution >= 0.6 is 0 Å². The molecule has 1 amide bonds. The molecular formula is C20H25N3O3. The van der Waals surface area contributed by atoms with Gasteiger partial charge in [-0.2, -0.15) is 9.78 Å². The summed E-state index contributed by atoms with van der Waals surface area (Å²) in [6, 6.07) is 8.85. The second-order valence-corrected chi connectivity index (χ2v) is 6.99. The van der Waals surface area contributed by atoms with Crippen LogP contribution < -0.4 is 15.6 Å². The monoisotopic (exact) mass is 355 g/mol. The molecule has 6 nitrogen and oxygen atoms in total. The highest BCUT2D eigenvalue weighted by Gasteiger charge is 2.26. The van der Waals surface area contributed by atoms with Gasteiger partial charge in [-0.3, -0.25) is 9.59 Å². The van der Waals surface area contributed by atoms with Gasteiger partial charge in [-0.05, 0) is 37.8 Å². The Kier molecular flexibility index (Phi) is 5.40. The van der Waals surface area contributed by atoms with Gasteiger partial charge in [0.25, 0.3) is 11.5 Å². The molecule has 3 rings (SSSR count). The smallest absolute Gasteiger partial charge is 0.275 e. The molecule has 138 valence electrons. The van der Waals surface area contributed by atoms with Crippen LogP contribution in [0.1, 0.15) is 48.7 Å². The minimum atomic E-state index is -0.340. The zero-order valence-electron chi connectivity index (χ0n) is 15.5. The molecule has 0 spiro atoms. The number of nitrogens with one attached hydrogen (secondary N) is 1. The summed E-state index contributed by atoms with van der Waals surface area (Å²) in [5.74, 6) is 0.322. The lowest BCUT2D eigenvalue weighted by atomic mass is 9.86. The quantitative estimate of drug-likeness (QED) is 0.915. The summed E-state index contributed by atoms with van der Waals surface area (Å²) in [7, 11) is 1.44. The highest BCUT2D eigenvalue weighted by molar-refractivity contribution is 5.95. The third-order valence-electron chi connectivity index (χ3n) is 5.04. The van der Waals surface area contributed by atoms with E-state index in [1.54, 1.807) is 12.1 Å². The van der Waals surface area contributed by atoms with Crippen LogP contribution in [0.5, 0.6) is 5.75 Å². The summed E-state index contributed by atoms with van der Waals surface area (Å²) >= 11 is 0. The van der Waals surface area contributed by atoms with Crippen molar-refractivity contribution in [2.24, 2.45) is 5.92 Å². The van der Waals surface area contributed by atoms with Crippen molar-refractivity contribution < 1.29 is 9.53 Å². The van der Waals surface area contributed by atoms with Crippen molar-refractivity contribution in [2.45, 2.75) is 45.6 Å². The molecule has 0 saturated heterocycles. The highest BCUT2D eigenvalue weighted by Crippen LogP contribution is 2.24.